The summed E-state index contributed by atoms with van der Waals surface area (Å²) in [6.07, 6.45) is -0.0679. The highest BCUT2D eigenvalue weighted by Crippen LogP contribution is 2.28. The molecule has 0 radical (unpaired) electrons. The van der Waals surface area contributed by atoms with Gasteiger partial charge < -0.3 is 20.7 Å². The topological polar surface area (TPSA) is 115 Å². The van der Waals surface area contributed by atoms with Gasteiger partial charge in [-0.15, -0.1) is 0 Å². The van der Waals surface area contributed by atoms with Crippen molar-refractivity contribution in [2.75, 3.05) is 7.11 Å². The van der Waals surface area contributed by atoms with Gasteiger partial charge in [0.1, 0.15) is 5.69 Å². The number of rotatable bonds is 4. The van der Waals surface area contributed by atoms with Crippen LogP contribution in [0.1, 0.15) is 34.2 Å². The molecule has 1 aromatic carbocycles. The number of aliphatic hydroxyl groups is 2. The molecule has 21 heavy (non-hydrogen) atoms. The van der Waals surface area contributed by atoms with E-state index >= 15 is 0 Å². The molecule has 0 aliphatic heterocycles. The minimum atomic E-state index is -2.29. The molecule has 1 aromatic heterocycles. The lowest BCUT2D eigenvalue weighted by Gasteiger charge is -2.24. The van der Waals surface area contributed by atoms with Gasteiger partial charge in [-0.1, -0.05) is 13.0 Å². The van der Waals surface area contributed by atoms with Gasteiger partial charge in [-0.05, 0) is 18.2 Å². The predicted octanol–water partition coefficient (Wildman–Crippen LogP) is 0.532. The van der Waals surface area contributed by atoms with Crippen LogP contribution in [0, 0.1) is 0 Å². The summed E-state index contributed by atoms with van der Waals surface area (Å²) in [4.78, 5) is 23.1. The van der Waals surface area contributed by atoms with Crippen molar-refractivity contribution in [2.45, 2.75) is 19.3 Å². The lowest BCUT2D eigenvalue weighted by atomic mass is 10.1. The number of nitrogens with two attached hydrogens (primary N) is 1. The highest BCUT2D eigenvalue weighted by molar-refractivity contribution is 6.00. The molecule has 2 aromatic rings. The number of fused-ring (bicyclic) bond motifs is 1. The van der Waals surface area contributed by atoms with Crippen LogP contribution in [-0.4, -0.2) is 33.8 Å². The highest BCUT2D eigenvalue weighted by atomic mass is 16.5. The van der Waals surface area contributed by atoms with Crippen LogP contribution < -0.4 is 5.73 Å². The van der Waals surface area contributed by atoms with Crippen LogP contribution in [0.15, 0.2) is 24.3 Å². The lowest BCUT2D eigenvalue weighted by Crippen LogP contribution is -2.34. The van der Waals surface area contributed by atoms with E-state index in [9.17, 15) is 19.8 Å². The van der Waals surface area contributed by atoms with Crippen LogP contribution >= 0.6 is 0 Å². The summed E-state index contributed by atoms with van der Waals surface area (Å²) in [5.74, 6) is -3.66. The molecule has 0 spiro atoms. The monoisotopic (exact) mass is 292 g/mol. The fraction of sp³-hybridized carbons (Fsp3) is 0.286. The van der Waals surface area contributed by atoms with Crippen LogP contribution in [0.25, 0.3) is 10.9 Å². The third kappa shape index (κ3) is 2.48. The number of esters is 1. The van der Waals surface area contributed by atoms with Gasteiger partial charge in [-0.2, -0.15) is 0 Å². The Kier molecular flexibility index (Phi) is 3.71. The van der Waals surface area contributed by atoms with Crippen LogP contribution in [-0.2, 0) is 10.6 Å². The van der Waals surface area contributed by atoms with E-state index < -0.39 is 17.8 Å². The van der Waals surface area contributed by atoms with Crippen LogP contribution in [0.2, 0.25) is 0 Å². The zero-order valence-corrected chi connectivity index (χ0v) is 11.7. The second-order valence-electron chi connectivity index (χ2n) is 4.62. The molecule has 0 saturated heterocycles. The Balaban J connectivity index is 2.82. The molecule has 1 amide bonds. The van der Waals surface area contributed by atoms with Crippen molar-refractivity contribution in [3.05, 3.63) is 35.5 Å². The fourth-order valence-electron chi connectivity index (χ4n) is 2.15. The third-order valence-electron chi connectivity index (χ3n) is 3.32. The Labute approximate surface area is 120 Å². The van der Waals surface area contributed by atoms with Gasteiger partial charge in [0.15, 0.2) is 0 Å². The molecule has 0 saturated carbocycles. The van der Waals surface area contributed by atoms with E-state index in [0.29, 0.717) is 10.9 Å². The van der Waals surface area contributed by atoms with E-state index in [0.717, 1.165) is 4.57 Å². The van der Waals surface area contributed by atoms with Gasteiger partial charge in [0, 0.05) is 17.4 Å². The maximum Gasteiger partial charge on any atom is 0.354 e. The molecule has 0 aliphatic carbocycles. The number of carbonyl (C=O) groups is 2. The summed E-state index contributed by atoms with van der Waals surface area (Å²) < 4.78 is 5.68. The summed E-state index contributed by atoms with van der Waals surface area (Å²) in [5.41, 5.74) is 5.70. The van der Waals surface area contributed by atoms with Gasteiger partial charge in [0.2, 0.25) is 5.91 Å². The molecule has 7 heteroatoms. The number of aromatic nitrogens is 1. The molecule has 4 N–H and O–H groups in total. The number of nitrogens with zero attached hydrogens (tertiary/aromatic N) is 1. The number of ether oxygens (including phenoxy) is 1. The number of hydrogen-bond donors (Lipinski definition) is 3. The largest absolute Gasteiger partial charge is 0.464 e. The number of primary amides is 1. The Hall–Kier alpha value is -2.38. The maximum absolute atomic E-state index is 11.8. The van der Waals surface area contributed by atoms with Crippen molar-refractivity contribution in [2.24, 2.45) is 5.73 Å². The SMILES string of the molecule is CCC(O)(O)n1c(C(=O)OC)cc2ccc(C(N)=O)cc21. The number of carbonyl (C=O) groups excluding carboxylic acids is 2. The molecule has 0 aliphatic rings. The molecule has 0 unspecified atom stereocenters. The zero-order valence-electron chi connectivity index (χ0n) is 11.7. The van der Waals surface area contributed by atoms with Crippen molar-refractivity contribution in [3.63, 3.8) is 0 Å². The predicted molar refractivity (Wildman–Crippen MR) is 74.5 cm³/mol. The van der Waals surface area contributed by atoms with Gasteiger partial charge in [-0.3, -0.25) is 9.36 Å². The smallest absolute Gasteiger partial charge is 0.354 e. The summed E-state index contributed by atoms with van der Waals surface area (Å²) >= 11 is 0. The maximum atomic E-state index is 11.8. The Morgan fingerprint density at radius 3 is 2.52 bits per heavy atom. The Morgan fingerprint density at radius 2 is 2.00 bits per heavy atom. The minimum absolute atomic E-state index is 0.0269. The molecular formula is C14H16N2O5. The molecule has 0 atom stereocenters. The summed E-state index contributed by atoms with van der Waals surface area (Å²) in [6, 6.07) is 5.94. The first-order chi connectivity index (χ1) is 9.81. The minimum Gasteiger partial charge on any atom is -0.464 e. The van der Waals surface area contributed by atoms with Gasteiger partial charge in [-0.25, -0.2) is 4.79 Å². The second-order valence-corrected chi connectivity index (χ2v) is 4.62. The molecule has 2 rings (SSSR count). The summed E-state index contributed by atoms with van der Waals surface area (Å²) in [7, 11) is 1.20. The molecule has 112 valence electrons. The van der Waals surface area contributed by atoms with Crippen molar-refractivity contribution in [1.82, 2.24) is 4.57 Å². The van der Waals surface area contributed by atoms with Crippen molar-refractivity contribution in [3.8, 4) is 0 Å². The molecule has 0 fully saturated rings. The lowest BCUT2D eigenvalue weighted by molar-refractivity contribution is -0.228. The van der Waals surface area contributed by atoms with E-state index in [4.69, 9.17) is 5.73 Å². The number of hydrogen-bond acceptors (Lipinski definition) is 5. The first kappa shape index (κ1) is 15.0. The standard InChI is InChI=1S/C14H16N2O5/c1-3-14(19,20)16-10-7-9(12(15)17)5-4-8(10)6-11(16)13(18)21-2/h4-7,19-20H,3H2,1-2H3,(H2,15,17). The van der Waals surface area contributed by atoms with E-state index in [1.807, 2.05) is 0 Å². The molecule has 0 bridgehead atoms. The van der Waals surface area contributed by atoms with Crippen LogP contribution in [0.4, 0.5) is 0 Å². The average molecular weight is 292 g/mol. The number of amides is 1. The van der Waals surface area contributed by atoms with E-state index in [-0.39, 0.29) is 17.7 Å². The van der Waals surface area contributed by atoms with Crippen LogP contribution in [0.3, 0.4) is 0 Å². The normalized spacial score (nSPS) is 11.6. The first-order valence-corrected chi connectivity index (χ1v) is 6.30. The van der Waals surface area contributed by atoms with Gasteiger partial charge in [0.25, 0.3) is 5.91 Å². The number of benzene rings is 1. The van der Waals surface area contributed by atoms with E-state index in [1.165, 1.54) is 25.3 Å². The first-order valence-electron chi connectivity index (χ1n) is 6.30. The van der Waals surface area contributed by atoms with Crippen molar-refractivity contribution < 1.29 is 24.5 Å². The Bertz CT molecular complexity index is 717. The summed E-state index contributed by atoms with van der Waals surface area (Å²) in [6.45, 7) is 1.55. The van der Waals surface area contributed by atoms with Gasteiger partial charge in [0.05, 0.1) is 12.6 Å². The fourth-order valence-corrected chi connectivity index (χ4v) is 2.15. The third-order valence-corrected chi connectivity index (χ3v) is 3.32. The van der Waals surface area contributed by atoms with E-state index in [1.54, 1.807) is 13.0 Å². The summed E-state index contributed by atoms with van der Waals surface area (Å²) in [5, 5.41) is 20.8. The van der Waals surface area contributed by atoms with Crippen LogP contribution in [0.5, 0.6) is 0 Å². The van der Waals surface area contributed by atoms with E-state index in [2.05, 4.69) is 4.74 Å². The zero-order chi connectivity index (χ0) is 15.8. The second kappa shape index (κ2) is 5.19. The molecule has 7 nitrogen and oxygen atoms in total. The average Bonchev–Trinajstić information content (AvgIpc) is 2.85. The van der Waals surface area contributed by atoms with Crippen molar-refractivity contribution in [1.29, 1.82) is 0 Å². The van der Waals surface area contributed by atoms with Crippen molar-refractivity contribution >= 4 is 22.8 Å². The molecule has 1 heterocycles. The highest BCUT2D eigenvalue weighted by Gasteiger charge is 2.31. The Morgan fingerprint density at radius 1 is 1.33 bits per heavy atom. The number of methoxy groups -OCH3 is 1. The molecular weight excluding hydrogens is 276 g/mol. The van der Waals surface area contributed by atoms with Gasteiger partial charge >= 0.3 is 5.97 Å². The quantitative estimate of drug-likeness (QED) is 0.561.